The first-order valence-electron chi connectivity index (χ1n) is 10.6. The standard InChI is InChI=1S/C26H22N4O4/c1-16-10-17(2)12-21(11-16)34-25-22(26(32)30-8-4-6-18(3)23(30)29-25)13-19(14-27)24(31)28-15-20-7-5-9-33-20/h4-13H,15H2,1-3H3,(H,28,31)/b19-13+. The summed E-state index contributed by atoms with van der Waals surface area (Å²) in [5.74, 6) is 0.394. The maximum Gasteiger partial charge on any atom is 0.269 e. The highest BCUT2D eigenvalue weighted by molar-refractivity contribution is 6.01. The number of nitrogens with zero attached hydrogens (tertiary/aromatic N) is 3. The topological polar surface area (TPSA) is 110 Å². The number of furan rings is 1. The van der Waals surface area contributed by atoms with Crippen LogP contribution in [-0.2, 0) is 11.3 Å². The van der Waals surface area contributed by atoms with Crippen LogP contribution in [0, 0.1) is 32.1 Å². The minimum Gasteiger partial charge on any atom is -0.467 e. The highest BCUT2D eigenvalue weighted by Gasteiger charge is 2.18. The molecule has 8 heteroatoms. The van der Waals surface area contributed by atoms with Crippen LogP contribution >= 0.6 is 0 Å². The summed E-state index contributed by atoms with van der Waals surface area (Å²) in [5.41, 5.74) is 2.43. The molecular formula is C26H22N4O4. The van der Waals surface area contributed by atoms with E-state index >= 15 is 0 Å². The van der Waals surface area contributed by atoms with Gasteiger partial charge in [0.05, 0.1) is 12.8 Å². The van der Waals surface area contributed by atoms with Gasteiger partial charge in [0.25, 0.3) is 11.5 Å². The monoisotopic (exact) mass is 454 g/mol. The van der Waals surface area contributed by atoms with Crippen LogP contribution in [0.1, 0.15) is 28.0 Å². The third-order valence-corrected chi connectivity index (χ3v) is 5.12. The summed E-state index contributed by atoms with van der Waals surface area (Å²) in [4.78, 5) is 30.6. The second-order valence-electron chi connectivity index (χ2n) is 7.88. The number of rotatable bonds is 6. The van der Waals surface area contributed by atoms with Crippen LogP contribution in [0.3, 0.4) is 0 Å². The van der Waals surface area contributed by atoms with Crippen molar-refractivity contribution < 1.29 is 13.9 Å². The van der Waals surface area contributed by atoms with E-state index in [9.17, 15) is 14.9 Å². The average Bonchev–Trinajstić information content (AvgIpc) is 3.31. The van der Waals surface area contributed by atoms with Crippen molar-refractivity contribution in [1.29, 1.82) is 5.26 Å². The van der Waals surface area contributed by atoms with Gasteiger partial charge in [-0.1, -0.05) is 12.1 Å². The molecule has 0 aliphatic heterocycles. The Morgan fingerprint density at radius 3 is 2.65 bits per heavy atom. The molecule has 4 rings (SSSR count). The van der Waals surface area contributed by atoms with Gasteiger partial charge in [0.1, 0.15) is 34.4 Å². The number of aryl methyl sites for hydroxylation is 3. The predicted molar refractivity (Wildman–Crippen MR) is 126 cm³/mol. The Bertz CT molecular complexity index is 1490. The molecule has 0 saturated carbocycles. The maximum absolute atomic E-state index is 13.4. The molecule has 0 unspecified atom stereocenters. The summed E-state index contributed by atoms with van der Waals surface area (Å²) in [5, 5.41) is 12.3. The van der Waals surface area contributed by atoms with Crippen molar-refractivity contribution >= 4 is 17.6 Å². The Balaban J connectivity index is 1.81. The fourth-order valence-electron chi connectivity index (χ4n) is 3.57. The Labute approximate surface area is 195 Å². The quantitative estimate of drug-likeness (QED) is 0.345. The van der Waals surface area contributed by atoms with E-state index < -0.39 is 11.5 Å². The zero-order valence-electron chi connectivity index (χ0n) is 19.0. The van der Waals surface area contributed by atoms with Crippen LogP contribution < -0.4 is 15.6 Å². The second-order valence-corrected chi connectivity index (χ2v) is 7.88. The van der Waals surface area contributed by atoms with Gasteiger partial charge in [-0.05, 0) is 73.9 Å². The molecule has 8 nitrogen and oxygen atoms in total. The van der Waals surface area contributed by atoms with Gasteiger partial charge in [-0.25, -0.2) is 0 Å². The van der Waals surface area contributed by atoms with E-state index in [0.717, 1.165) is 16.7 Å². The van der Waals surface area contributed by atoms with Gasteiger partial charge in [-0.15, -0.1) is 0 Å². The Kier molecular flexibility index (Phi) is 6.28. The second kappa shape index (κ2) is 9.46. The molecule has 3 heterocycles. The van der Waals surface area contributed by atoms with E-state index in [-0.39, 0.29) is 23.6 Å². The van der Waals surface area contributed by atoms with Crippen molar-refractivity contribution in [3.05, 3.63) is 98.9 Å². The van der Waals surface area contributed by atoms with Crippen molar-refractivity contribution in [3.8, 4) is 17.7 Å². The predicted octanol–water partition coefficient (Wildman–Crippen LogP) is 4.23. The number of nitrogens with one attached hydrogen (secondary N) is 1. The average molecular weight is 454 g/mol. The number of pyridine rings is 1. The van der Waals surface area contributed by atoms with Gasteiger partial charge < -0.3 is 14.5 Å². The highest BCUT2D eigenvalue weighted by Crippen LogP contribution is 2.26. The largest absolute Gasteiger partial charge is 0.467 e. The fourth-order valence-corrected chi connectivity index (χ4v) is 3.57. The van der Waals surface area contributed by atoms with Gasteiger partial charge in [0, 0.05) is 6.20 Å². The maximum atomic E-state index is 13.4. The lowest BCUT2D eigenvalue weighted by Gasteiger charge is -2.12. The summed E-state index contributed by atoms with van der Waals surface area (Å²) in [6, 6.07) is 14.5. The first kappa shape index (κ1) is 22.6. The zero-order chi connectivity index (χ0) is 24.2. The lowest BCUT2D eigenvalue weighted by molar-refractivity contribution is -0.117. The highest BCUT2D eigenvalue weighted by atomic mass is 16.5. The number of benzene rings is 1. The smallest absolute Gasteiger partial charge is 0.269 e. The molecule has 0 saturated heterocycles. The molecule has 170 valence electrons. The van der Waals surface area contributed by atoms with Crippen LogP contribution in [-0.4, -0.2) is 15.3 Å². The number of fused-ring (bicyclic) bond motifs is 1. The third kappa shape index (κ3) is 4.74. The fraction of sp³-hybridized carbons (Fsp3) is 0.154. The van der Waals surface area contributed by atoms with E-state index in [1.165, 1.54) is 16.7 Å². The Morgan fingerprint density at radius 1 is 1.21 bits per heavy atom. The molecule has 1 N–H and O–H groups in total. The molecule has 0 atom stereocenters. The number of nitriles is 1. The Morgan fingerprint density at radius 2 is 1.97 bits per heavy atom. The minimum atomic E-state index is -0.648. The van der Waals surface area contributed by atoms with Gasteiger partial charge >= 0.3 is 0 Å². The molecule has 1 amide bonds. The first-order valence-corrected chi connectivity index (χ1v) is 10.6. The van der Waals surface area contributed by atoms with E-state index in [0.29, 0.717) is 17.2 Å². The summed E-state index contributed by atoms with van der Waals surface area (Å²) in [6.07, 6.45) is 4.28. The number of amides is 1. The van der Waals surface area contributed by atoms with Gasteiger partial charge in [0.2, 0.25) is 5.88 Å². The molecule has 0 fully saturated rings. The normalized spacial score (nSPS) is 11.3. The first-order chi connectivity index (χ1) is 16.4. The number of aromatic nitrogens is 2. The van der Waals surface area contributed by atoms with Crippen molar-refractivity contribution in [2.24, 2.45) is 0 Å². The Hall–Kier alpha value is -4.64. The molecule has 4 aromatic rings. The van der Waals surface area contributed by atoms with Gasteiger partial charge in [-0.3, -0.25) is 14.0 Å². The molecule has 3 aromatic heterocycles. The van der Waals surface area contributed by atoms with Crippen LogP contribution in [0.25, 0.3) is 11.7 Å². The summed E-state index contributed by atoms with van der Waals surface area (Å²) >= 11 is 0. The van der Waals surface area contributed by atoms with Crippen molar-refractivity contribution in [3.63, 3.8) is 0 Å². The van der Waals surface area contributed by atoms with Gasteiger partial charge in [-0.2, -0.15) is 10.2 Å². The molecule has 0 bridgehead atoms. The van der Waals surface area contributed by atoms with Crippen LogP contribution in [0.2, 0.25) is 0 Å². The molecule has 0 aliphatic carbocycles. The summed E-state index contributed by atoms with van der Waals surface area (Å²) in [6.45, 7) is 5.81. The SMILES string of the molecule is Cc1cc(C)cc(Oc2nc3c(C)cccn3c(=O)c2/C=C(\C#N)C(=O)NCc2ccco2)c1. The van der Waals surface area contributed by atoms with E-state index in [4.69, 9.17) is 9.15 Å². The third-order valence-electron chi connectivity index (χ3n) is 5.12. The number of hydrogen-bond donors (Lipinski definition) is 1. The lowest BCUT2D eigenvalue weighted by Crippen LogP contribution is -2.25. The number of carbonyl (C=O) groups excluding carboxylic acids is 1. The molecular weight excluding hydrogens is 432 g/mol. The minimum absolute atomic E-state index is 0.00745. The number of carbonyl (C=O) groups is 1. The number of ether oxygens (including phenoxy) is 1. The van der Waals surface area contributed by atoms with E-state index in [1.807, 2.05) is 51.1 Å². The zero-order valence-corrected chi connectivity index (χ0v) is 19.0. The molecule has 34 heavy (non-hydrogen) atoms. The van der Waals surface area contributed by atoms with Crippen LogP contribution in [0.5, 0.6) is 11.6 Å². The molecule has 0 aliphatic rings. The van der Waals surface area contributed by atoms with Crippen LogP contribution in [0.4, 0.5) is 0 Å². The molecule has 1 aromatic carbocycles. The van der Waals surface area contributed by atoms with Crippen molar-refractivity contribution in [2.45, 2.75) is 27.3 Å². The summed E-state index contributed by atoms with van der Waals surface area (Å²) < 4.78 is 12.6. The number of hydrogen-bond acceptors (Lipinski definition) is 6. The van der Waals surface area contributed by atoms with Crippen molar-refractivity contribution in [2.75, 3.05) is 0 Å². The van der Waals surface area contributed by atoms with E-state index in [1.54, 1.807) is 24.4 Å². The lowest BCUT2D eigenvalue weighted by atomic mass is 10.1. The van der Waals surface area contributed by atoms with Crippen molar-refractivity contribution in [1.82, 2.24) is 14.7 Å². The summed E-state index contributed by atoms with van der Waals surface area (Å²) in [7, 11) is 0. The van der Waals surface area contributed by atoms with Gasteiger partial charge in [0.15, 0.2) is 0 Å². The van der Waals surface area contributed by atoms with E-state index in [2.05, 4.69) is 10.3 Å². The van der Waals surface area contributed by atoms with Crippen LogP contribution in [0.15, 0.2) is 69.7 Å². The molecule has 0 spiro atoms. The molecule has 0 radical (unpaired) electrons.